The van der Waals surface area contributed by atoms with Gasteiger partial charge in [-0.2, -0.15) is 0 Å². The first kappa shape index (κ1) is 14.5. The molecule has 2 unspecified atom stereocenters. The van der Waals surface area contributed by atoms with Crippen LogP contribution in [0.15, 0.2) is 24.3 Å². The molecule has 0 heterocycles. The highest BCUT2D eigenvalue weighted by Gasteiger charge is 2.26. The Balaban J connectivity index is 1.92. The third-order valence-electron chi connectivity index (χ3n) is 3.92. The van der Waals surface area contributed by atoms with Crippen molar-refractivity contribution in [2.24, 2.45) is 5.92 Å². The molecule has 106 valence electrons. The van der Waals surface area contributed by atoms with Gasteiger partial charge in [-0.1, -0.05) is 38.1 Å². The van der Waals surface area contributed by atoms with E-state index >= 15 is 0 Å². The van der Waals surface area contributed by atoms with Crippen LogP contribution in [-0.2, 0) is 11.2 Å². The van der Waals surface area contributed by atoms with Gasteiger partial charge in [0.1, 0.15) is 6.10 Å². The minimum absolute atomic E-state index is 0.0317. The van der Waals surface area contributed by atoms with Gasteiger partial charge in [-0.25, -0.2) is 0 Å². The number of fused-ring (bicyclic) bond motifs is 1. The summed E-state index contributed by atoms with van der Waals surface area (Å²) in [7, 11) is 0. The molecule has 0 amide bonds. The molecule has 2 atom stereocenters. The lowest BCUT2D eigenvalue weighted by Crippen LogP contribution is -2.22. The van der Waals surface area contributed by atoms with Gasteiger partial charge in [0, 0.05) is 6.61 Å². The van der Waals surface area contributed by atoms with Gasteiger partial charge in [-0.05, 0) is 49.1 Å². The molecule has 0 aromatic heterocycles. The van der Waals surface area contributed by atoms with Crippen molar-refractivity contribution in [3.05, 3.63) is 35.4 Å². The van der Waals surface area contributed by atoms with Crippen LogP contribution >= 0.6 is 0 Å². The number of ether oxygens (including phenoxy) is 1. The van der Waals surface area contributed by atoms with E-state index in [1.165, 1.54) is 12.0 Å². The lowest BCUT2D eigenvalue weighted by Gasteiger charge is -2.22. The Morgan fingerprint density at radius 3 is 2.89 bits per heavy atom. The summed E-state index contributed by atoms with van der Waals surface area (Å²) in [5, 5.41) is 10.5. The number of rotatable bonds is 5. The van der Waals surface area contributed by atoms with E-state index in [1.807, 2.05) is 12.1 Å². The SMILES string of the molecule is CC(C)CCCOC1CCCc2ccccc2C1O. The van der Waals surface area contributed by atoms with E-state index in [0.29, 0.717) is 0 Å². The van der Waals surface area contributed by atoms with Crippen molar-refractivity contribution < 1.29 is 9.84 Å². The van der Waals surface area contributed by atoms with Crippen LogP contribution in [0, 0.1) is 5.92 Å². The largest absolute Gasteiger partial charge is 0.386 e. The topological polar surface area (TPSA) is 29.5 Å². The van der Waals surface area contributed by atoms with Crippen LogP contribution in [0.25, 0.3) is 0 Å². The minimum Gasteiger partial charge on any atom is -0.386 e. The molecule has 1 N–H and O–H groups in total. The highest BCUT2D eigenvalue weighted by atomic mass is 16.5. The normalized spacial score (nSPS) is 23.2. The first-order valence-corrected chi connectivity index (χ1v) is 7.56. The van der Waals surface area contributed by atoms with Gasteiger partial charge in [0.15, 0.2) is 0 Å². The Morgan fingerprint density at radius 2 is 2.11 bits per heavy atom. The van der Waals surface area contributed by atoms with E-state index in [4.69, 9.17) is 4.74 Å². The molecule has 2 rings (SSSR count). The highest BCUT2D eigenvalue weighted by molar-refractivity contribution is 5.30. The molecule has 1 aromatic carbocycles. The van der Waals surface area contributed by atoms with Crippen molar-refractivity contribution in [3.63, 3.8) is 0 Å². The number of hydrogen-bond acceptors (Lipinski definition) is 2. The summed E-state index contributed by atoms with van der Waals surface area (Å²) < 4.78 is 5.93. The summed E-state index contributed by atoms with van der Waals surface area (Å²) in [6.45, 7) is 5.23. The lowest BCUT2D eigenvalue weighted by atomic mass is 10.0. The van der Waals surface area contributed by atoms with Crippen molar-refractivity contribution in [1.82, 2.24) is 0 Å². The molecule has 0 saturated carbocycles. The van der Waals surface area contributed by atoms with E-state index in [-0.39, 0.29) is 6.10 Å². The molecule has 2 heteroatoms. The summed E-state index contributed by atoms with van der Waals surface area (Å²) in [4.78, 5) is 0. The smallest absolute Gasteiger partial charge is 0.105 e. The number of aryl methyl sites for hydroxylation is 1. The fourth-order valence-corrected chi connectivity index (χ4v) is 2.80. The van der Waals surface area contributed by atoms with Gasteiger partial charge in [0.2, 0.25) is 0 Å². The third-order valence-corrected chi connectivity index (χ3v) is 3.92. The van der Waals surface area contributed by atoms with E-state index in [2.05, 4.69) is 26.0 Å². The molecule has 19 heavy (non-hydrogen) atoms. The van der Waals surface area contributed by atoms with Crippen molar-refractivity contribution in [2.75, 3.05) is 6.61 Å². The quantitative estimate of drug-likeness (QED) is 0.644. The van der Waals surface area contributed by atoms with Crippen molar-refractivity contribution in [3.8, 4) is 0 Å². The summed E-state index contributed by atoms with van der Waals surface area (Å²) in [5.41, 5.74) is 2.34. The maximum Gasteiger partial charge on any atom is 0.105 e. The van der Waals surface area contributed by atoms with Crippen LogP contribution in [0.4, 0.5) is 0 Å². The van der Waals surface area contributed by atoms with Gasteiger partial charge < -0.3 is 9.84 Å². The zero-order valence-electron chi connectivity index (χ0n) is 12.1. The van der Waals surface area contributed by atoms with Gasteiger partial charge in [-0.15, -0.1) is 0 Å². The van der Waals surface area contributed by atoms with Gasteiger partial charge in [-0.3, -0.25) is 0 Å². The summed E-state index contributed by atoms with van der Waals surface area (Å²) in [5.74, 6) is 0.725. The van der Waals surface area contributed by atoms with Crippen LogP contribution in [0.5, 0.6) is 0 Å². The predicted molar refractivity (Wildman–Crippen MR) is 78.2 cm³/mol. The molecule has 1 aromatic rings. The monoisotopic (exact) mass is 262 g/mol. The zero-order valence-corrected chi connectivity index (χ0v) is 12.1. The second kappa shape index (κ2) is 7.06. The average Bonchev–Trinajstić information content (AvgIpc) is 2.55. The fraction of sp³-hybridized carbons (Fsp3) is 0.647. The molecule has 2 nitrogen and oxygen atoms in total. The molecule has 1 aliphatic rings. The number of benzene rings is 1. The summed E-state index contributed by atoms with van der Waals surface area (Å²) in [6.07, 6.45) is 4.90. The van der Waals surface area contributed by atoms with Crippen LogP contribution in [0.2, 0.25) is 0 Å². The van der Waals surface area contributed by atoms with E-state index in [0.717, 1.165) is 43.8 Å². The van der Waals surface area contributed by atoms with Crippen LogP contribution in [-0.4, -0.2) is 17.8 Å². The lowest BCUT2D eigenvalue weighted by molar-refractivity contribution is -0.0432. The molecule has 1 aliphatic carbocycles. The van der Waals surface area contributed by atoms with Crippen LogP contribution in [0.1, 0.15) is 56.8 Å². The maximum atomic E-state index is 10.5. The summed E-state index contributed by atoms with van der Waals surface area (Å²) in [6, 6.07) is 8.22. The Bertz CT molecular complexity index is 387. The standard InChI is InChI=1S/C17H26O2/c1-13(2)7-6-12-19-16-11-5-9-14-8-3-4-10-15(14)17(16)18/h3-4,8,10,13,16-18H,5-7,9,11-12H2,1-2H3. The first-order valence-electron chi connectivity index (χ1n) is 7.56. The number of aliphatic hydroxyl groups is 1. The van der Waals surface area contributed by atoms with Gasteiger partial charge in [0.25, 0.3) is 0 Å². The minimum atomic E-state index is -0.460. The zero-order chi connectivity index (χ0) is 13.7. The van der Waals surface area contributed by atoms with E-state index in [9.17, 15) is 5.11 Å². The van der Waals surface area contributed by atoms with Crippen molar-refractivity contribution >= 4 is 0 Å². The average molecular weight is 262 g/mol. The van der Waals surface area contributed by atoms with E-state index < -0.39 is 6.10 Å². The Morgan fingerprint density at radius 1 is 1.32 bits per heavy atom. The Labute approximate surface area is 116 Å². The molecule has 0 spiro atoms. The van der Waals surface area contributed by atoms with Crippen LogP contribution < -0.4 is 0 Å². The molecule has 0 bridgehead atoms. The maximum absolute atomic E-state index is 10.5. The third kappa shape index (κ3) is 4.05. The van der Waals surface area contributed by atoms with Crippen molar-refractivity contribution in [1.29, 1.82) is 0 Å². The second-order valence-electron chi connectivity index (χ2n) is 5.98. The van der Waals surface area contributed by atoms with Gasteiger partial charge in [0.05, 0.1) is 6.10 Å². The summed E-state index contributed by atoms with van der Waals surface area (Å²) >= 11 is 0. The molecule has 0 aliphatic heterocycles. The molecule has 0 fully saturated rings. The Hall–Kier alpha value is -0.860. The number of hydrogen-bond donors (Lipinski definition) is 1. The Kier molecular flexibility index (Phi) is 5.41. The molecular formula is C17H26O2. The molecular weight excluding hydrogens is 236 g/mol. The molecule has 0 saturated heterocycles. The predicted octanol–water partition coefficient (Wildman–Crippen LogP) is 3.88. The van der Waals surface area contributed by atoms with Crippen LogP contribution in [0.3, 0.4) is 0 Å². The molecule has 0 radical (unpaired) electrons. The first-order chi connectivity index (χ1) is 9.18. The fourth-order valence-electron chi connectivity index (χ4n) is 2.80. The second-order valence-corrected chi connectivity index (χ2v) is 5.98. The van der Waals surface area contributed by atoms with Crippen molar-refractivity contribution in [2.45, 2.75) is 58.2 Å². The highest BCUT2D eigenvalue weighted by Crippen LogP contribution is 2.30. The van der Waals surface area contributed by atoms with E-state index in [1.54, 1.807) is 0 Å². The number of aliphatic hydroxyl groups excluding tert-OH is 1. The van der Waals surface area contributed by atoms with Gasteiger partial charge >= 0.3 is 0 Å².